The van der Waals surface area contributed by atoms with Crippen LogP contribution in [0.2, 0.25) is 0 Å². The minimum Gasteiger partial charge on any atom is -0.493 e. The number of aromatic nitrogens is 5. The van der Waals surface area contributed by atoms with Gasteiger partial charge in [0.25, 0.3) is 0 Å². The van der Waals surface area contributed by atoms with Gasteiger partial charge in [-0.05, 0) is 41.8 Å². The van der Waals surface area contributed by atoms with Crippen LogP contribution in [0.4, 0.5) is 4.39 Å². The molecule has 0 aliphatic carbocycles. The van der Waals surface area contributed by atoms with Crippen molar-refractivity contribution in [1.29, 1.82) is 0 Å². The lowest BCUT2D eigenvalue weighted by Crippen LogP contribution is -2.27. The number of rotatable bonds is 10. The molecule has 2 heterocycles. The van der Waals surface area contributed by atoms with Gasteiger partial charge in [0.15, 0.2) is 22.7 Å². The van der Waals surface area contributed by atoms with Crippen LogP contribution in [0.25, 0.3) is 11.2 Å². The van der Waals surface area contributed by atoms with Crippen LogP contribution in [-0.4, -0.2) is 57.4 Å². The highest BCUT2D eigenvalue weighted by atomic mass is 32.2. The van der Waals surface area contributed by atoms with Crippen LogP contribution in [0.3, 0.4) is 0 Å². The van der Waals surface area contributed by atoms with Crippen molar-refractivity contribution in [3.05, 3.63) is 65.7 Å². The molecule has 2 aromatic heterocycles. The minimum absolute atomic E-state index is 0.115. The van der Waals surface area contributed by atoms with Crippen molar-refractivity contribution >= 4 is 28.8 Å². The van der Waals surface area contributed by atoms with E-state index in [1.807, 2.05) is 18.2 Å². The molecule has 0 saturated heterocycles. The average molecular weight is 483 g/mol. The fraction of sp³-hybridized carbons (Fsp3) is 0.261. The molecule has 0 spiro atoms. The van der Waals surface area contributed by atoms with E-state index in [0.717, 1.165) is 11.1 Å². The summed E-state index contributed by atoms with van der Waals surface area (Å²) in [6.45, 7) is 0.885. The molecule has 0 radical (unpaired) electrons. The maximum Gasteiger partial charge on any atom is 0.230 e. The summed E-state index contributed by atoms with van der Waals surface area (Å²) in [4.78, 5) is 20.9. The predicted octanol–water partition coefficient (Wildman–Crippen LogP) is 2.88. The maximum absolute atomic E-state index is 13.1. The molecule has 0 aliphatic heterocycles. The van der Waals surface area contributed by atoms with E-state index in [-0.39, 0.29) is 17.5 Å². The van der Waals surface area contributed by atoms with Crippen molar-refractivity contribution in [2.75, 3.05) is 26.5 Å². The highest BCUT2D eigenvalue weighted by molar-refractivity contribution is 8.00. The molecule has 4 aromatic rings. The number of benzene rings is 2. The molecular formula is C23H23FN6O3S. The number of hydrogen-bond donors (Lipinski definition) is 1. The zero-order valence-corrected chi connectivity index (χ0v) is 19.5. The molecule has 34 heavy (non-hydrogen) atoms. The normalized spacial score (nSPS) is 10.9. The van der Waals surface area contributed by atoms with E-state index >= 15 is 0 Å². The third kappa shape index (κ3) is 5.60. The highest BCUT2D eigenvalue weighted by Crippen LogP contribution is 2.27. The Kier molecular flexibility index (Phi) is 7.53. The van der Waals surface area contributed by atoms with Crippen LogP contribution in [0.1, 0.15) is 11.1 Å². The number of nitrogens with one attached hydrogen (secondary N) is 1. The number of halogens is 1. The number of nitrogens with zero attached hydrogens (tertiary/aromatic N) is 5. The van der Waals surface area contributed by atoms with Gasteiger partial charge in [-0.15, -0.1) is 5.10 Å². The number of carbonyl (C=O) groups is 1. The van der Waals surface area contributed by atoms with E-state index in [2.05, 4.69) is 25.6 Å². The van der Waals surface area contributed by atoms with Crippen LogP contribution in [0.15, 0.2) is 53.8 Å². The van der Waals surface area contributed by atoms with Gasteiger partial charge < -0.3 is 14.8 Å². The van der Waals surface area contributed by atoms with Gasteiger partial charge in [0.1, 0.15) is 17.2 Å². The zero-order valence-electron chi connectivity index (χ0n) is 18.7. The van der Waals surface area contributed by atoms with E-state index in [1.54, 1.807) is 31.0 Å². The second-order valence-electron chi connectivity index (χ2n) is 7.30. The Morgan fingerprint density at radius 1 is 1.06 bits per heavy atom. The topological polar surface area (TPSA) is 104 Å². The fourth-order valence-electron chi connectivity index (χ4n) is 3.31. The standard InChI is InChI=1S/C23H23FN6O3S/c1-32-18-8-5-15(11-19(18)33-2)9-10-25-20(31)13-34-23-21-22(26-14-27-23)30(29-28-21)12-16-3-6-17(24)7-4-16/h3-8,11,14H,9-10,12-13H2,1-2H3,(H,25,31). The third-order valence-corrected chi connectivity index (χ3v) is 6.01. The molecule has 176 valence electrons. The molecular weight excluding hydrogens is 459 g/mol. The van der Waals surface area contributed by atoms with E-state index in [1.165, 1.54) is 30.2 Å². The van der Waals surface area contributed by atoms with Gasteiger partial charge in [-0.1, -0.05) is 35.2 Å². The first-order valence-corrected chi connectivity index (χ1v) is 11.4. The summed E-state index contributed by atoms with van der Waals surface area (Å²) in [7, 11) is 3.18. The Bertz CT molecular complexity index is 1280. The van der Waals surface area contributed by atoms with E-state index < -0.39 is 0 Å². The summed E-state index contributed by atoms with van der Waals surface area (Å²) in [6.07, 6.45) is 2.08. The first kappa shape index (κ1) is 23.4. The SMILES string of the molecule is COc1ccc(CCNC(=O)CSc2ncnc3c2nnn3Cc2ccc(F)cc2)cc1OC. The van der Waals surface area contributed by atoms with E-state index in [9.17, 15) is 9.18 Å². The van der Waals surface area contributed by atoms with Gasteiger partial charge in [0, 0.05) is 6.54 Å². The van der Waals surface area contributed by atoms with Crippen LogP contribution in [0, 0.1) is 5.82 Å². The first-order valence-electron chi connectivity index (χ1n) is 10.5. The molecule has 1 amide bonds. The summed E-state index contributed by atoms with van der Waals surface area (Å²) in [5.41, 5.74) is 2.97. The molecule has 9 nitrogen and oxygen atoms in total. The van der Waals surface area contributed by atoms with Gasteiger partial charge in [0.2, 0.25) is 5.91 Å². The number of hydrogen-bond acceptors (Lipinski definition) is 8. The summed E-state index contributed by atoms with van der Waals surface area (Å²) >= 11 is 1.27. The molecule has 0 atom stereocenters. The Morgan fingerprint density at radius 3 is 2.59 bits per heavy atom. The van der Waals surface area contributed by atoms with Gasteiger partial charge in [-0.3, -0.25) is 4.79 Å². The van der Waals surface area contributed by atoms with Gasteiger partial charge in [0.05, 0.1) is 26.5 Å². The lowest BCUT2D eigenvalue weighted by atomic mass is 10.1. The summed E-state index contributed by atoms with van der Waals surface area (Å²) in [5.74, 6) is 1.09. The second kappa shape index (κ2) is 10.9. The molecule has 0 saturated carbocycles. The largest absolute Gasteiger partial charge is 0.493 e. The van der Waals surface area contributed by atoms with Crippen molar-refractivity contribution in [3.63, 3.8) is 0 Å². The number of methoxy groups -OCH3 is 2. The fourth-order valence-corrected chi connectivity index (χ4v) is 4.07. The smallest absolute Gasteiger partial charge is 0.230 e. The first-order chi connectivity index (χ1) is 16.6. The van der Waals surface area contributed by atoms with Gasteiger partial charge in [-0.2, -0.15) is 0 Å². The van der Waals surface area contributed by atoms with Crippen LogP contribution < -0.4 is 14.8 Å². The minimum atomic E-state index is -0.296. The van der Waals surface area contributed by atoms with Crippen LogP contribution in [-0.2, 0) is 17.8 Å². The number of fused-ring (bicyclic) bond motifs is 1. The Hall–Kier alpha value is -3.73. The van der Waals surface area contributed by atoms with Crippen LogP contribution in [0.5, 0.6) is 11.5 Å². The number of amides is 1. The van der Waals surface area contributed by atoms with Crippen molar-refractivity contribution in [1.82, 2.24) is 30.3 Å². The predicted molar refractivity (Wildman–Crippen MR) is 126 cm³/mol. The molecule has 0 unspecified atom stereocenters. The molecule has 1 N–H and O–H groups in total. The monoisotopic (exact) mass is 482 g/mol. The zero-order chi connectivity index (χ0) is 23.9. The Labute approximate surface area is 199 Å². The van der Waals surface area contributed by atoms with Crippen molar-refractivity contribution < 1.29 is 18.7 Å². The van der Waals surface area contributed by atoms with Gasteiger partial charge >= 0.3 is 0 Å². The molecule has 4 rings (SSSR count). The Morgan fingerprint density at radius 2 is 1.82 bits per heavy atom. The van der Waals surface area contributed by atoms with Gasteiger partial charge in [-0.25, -0.2) is 19.0 Å². The third-order valence-electron chi connectivity index (χ3n) is 5.04. The molecule has 0 bridgehead atoms. The summed E-state index contributed by atoms with van der Waals surface area (Å²) < 4.78 is 25.3. The lowest BCUT2D eigenvalue weighted by Gasteiger charge is -2.10. The average Bonchev–Trinajstić information content (AvgIpc) is 3.27. The van der Waals surface area contributed by atoms with E-state index in [0.29, 0.717) is 47.2 Å². The number of carbonyl (C=O) groups excluding carboxylic acids is 1. The molecule has 2 aromatic carbocycles. The Balaban J connectivity index is 1.32. The molecule has 11 heteroatoms. The molecule has 0 aliphatic rings. The second-order valence-corrected chi connectivity index (χ2v) is 8.27. The van der Waals surface area contributed by atoms with E-state index in [4.69, 9.17) is 9.47 Å². The lowest BCUT2D eigenvalue weighted by molar-refractivity contribution is -0.118. The summed E-state index contributed by atoms with van der Waals surface area (Å²) in [6, 6.07) is 11.8. The van der Waals surface area contributed by atoms with Crippen molar-refractivity contribution in [2.24, 2.45) is 0 Å². The van der Waals surface area contributed by atoms with Crippen LogP contribution >= 0.6 is 11.8 Å². The summed E-state index contributed by atoms with van der Waals surface area (Å²) in [5, 5.41) is 11.8. The maximum atomic E-state index is 13.1. The number of ether oxygens (including phenoxy) is 2. The number of thioether (sulfide) groups is 1. The molecule has 0 fully saturated rings. The van der Waals surface area contributed by atoms with Crippen molar-refractivity contribution in [2.45, 2.75) is 18.0 Å². The van der Waals surface area contributed by atoms with Crippen molar-refractivity contribution in [3.8, 4) is 11.5 Å². The highest BCUT2D eigenvalue weighted by Gasteiger charge is 2.14. The quantitative estimate of drug-likeness (QED) is 0.272.